The third-order valence-corrected chi connectivity index (χ3v) is 4.36. The minimum atomic E-state index is -0.685. The summed E-state index contributed by atoms with van der Waals surface area (Å²) in [4.78, 5) is 22.7. The van der Waals surface area contributed by atoms with Crippen molar-refractivity contribution < 1.29 is 14.5 Å². The summed E-state index contributed by atoms with van der Waals surface area (Å²) in [5, 5.41) is 14.3. The van der Waals surface area contributed by atoms with Crippen molar-refractivity contribution >= 4 is 34.5 Å². The first-order valence-electron chi connectivity index (χ1n) is 7.94. The second kappa shape index (κ2) is 6.46. The van der Waals surface area contributed by atoms with Gasteiger partial charge >= 0.3 is 5.97 Å². The SMILES string of the molecule is CC1=CC(C)(C)Nc2ccc(OC(=O)c3ccc(Cl)c([N+](=O)[O-])c3)cc21. The number of nitrogens with one attached hydrogen (secondary N) is 1. The summed E-state index contributed by atoms with van der Waals surface area (Å²) in [6.07, 6.45) is 2.10. The van der Waals surface area contributed by atoms with Gasteiger partial charge in [0.05, 0.1) is 16.0 Å². The van der Waals surface area contributed by atoms with Crippen LogP contribution in [0.5, 0.6) is 5.75 Å². The Kier molecular flexibility index (Phi) is 4.46. The molecule has 0 unspecified atom stereocenters. The number of fused-ring (bicyclic) bond motifs is 1. The largest absolute Gasteiger partial charge is 0.423 e. The van der Waals surface area contributed by atoms with Crippen molar-refractivity contribution in [2.45, 2.75) is 26.3 Å². The van der Waals surface area contributed by atoms with Crippen LogP contribution in [0.1, 0.15) is 36.7 Å². The molecule has 0 atom stereocenters. The van der Waals surface area contributed by atoms with Crippen molar-refractivity contribution in [2.75, 3.05) is 5.32 Å². The number of anilines is 1. The molecular formula is C19H17ClN2O4. The molecule has 1 aliphatic rings. The average Bonchev–Trinajstić information content (AvgIpc) is 2.54. The van der Waals surface area contributed by atoms with Crippen LogP contribution in [0.15, 0.2) is 42.5 Å². The monoisotopic (exact) mass is 372 g/mol. The zero-order valence-corrected chi connectivity index (χ0v) is 15.3. The van der Waals surface area contributed by atoms with Gasteiger partial charge in [0.15, 0.2) is 0 Å². The Bertz CT molecular complexity index is 951. The molecule has 7 heteroatoms. The van der Waals surface area contributed by atoms with Gasteiger partial charge in [-0.3, -0.25) is 10.1 Å². The first-order chi connectivity index (χ1) is 12.2. The Balaban J connectivity index is 1.87. The Labute approximate surface area is 155 Å². The van der Waals surface area contributed by atoms with Crippen LogP contribution in [0.25, 0.3) is 5.57 Å². The van der Waals surface area contributed by atoms with E-state index in [1.807, 2.05) is 13.0 Å². The highest BCUT2D eigenvalue weighted by Crippen LogP contribution is 2.36. The lowest BCUT2D eigenvalue weighted by atomic mass is 9.91. The number of nitro groups is 1. The Morgan fingerprint density at radius 3 is 2.65 bits per heavy atom. The topological polar surface area (TPSA) is 81.5 Å². The number of allylic oxidation sites excluding steroid dienone is 1. The molecule has 0 radical (unpaired) electrons. The molecule has 0 spiro atoms. The maximum atomic E-state index is 12.3. The van der Waals surface area contributed by atoms with Crippen molar-refractivity contribution in [2.24, 2.45) is 0 Å². The minimum Gasteiger partial charge on any atom is -0.423 e. The van der Waals surface area contributed by atoms with Crippen molar-refractivity contribution in [3.05, 3.63) is 68.7 Å². The van der Waals surface area contributed by atoms with Crippen LogP contribution in [0.4, 0.5) is 11.4 Å². The number of carbonyl (C=O) groups excluding carboxylic acids is 1. The summed E-state index contributed by atoms with van der Waals surface area (Å²) in [5.74, 6) is -0.323. The van der Waals surface area contributed by atoms with Gasteiger partial charge in [0.25, 0.3) is 5.69 Å². The summed E-state index contributed by atoms with van der Waals surface area (Å²) >= 11 is 5.77. The number of hydrogen-bond donors (Lipinski definition) is 1. The van der Waals surface area contributed by atoms with Gasteiger partial charge in [0.2, 0.25) is 0 Å². The van der Waals surface area contributed by atoms with E-state index in [4.69, 9.17) is 16.3 Å². The third-order valence-electron chi connectivity index (χ3n) is 4.04. The van der Waals surface area contributed by atoms with Crippen LogP contribution in [0, 0.1) is 10.1 Å². The Morgan fingerprint density at radius 1 is 1.23 bits per heavy atom. The molecule has 134 valence electrons. The fraction of sp³-hybridized carbons (Fsp3) is 0.211. The predicted molar refractivity (Wildman–Crippen MR) is 101 cm³/mol. The molecule has 1 N–H and O–H groups in total. The molecule has 3 rings (SSSR count). The molecule has 1 heterocycles. The molecule has 2 aromatic carbocycles. The smallest absolute Gasteiger partial charge is 0.343 e. The van der Waals surface area contributed by atoms with E-state index >= 15 is 0 Å². The van der Waals surface area contributed by atoms with E-state index in [0.717, 1.165) is 22.9 Å². The number of carbonyl (C=O) groups is 1. The Morgan fingerprint density at radius 2 is 1.96 bits per heavy atom. The highest BCUT2D eigenvalue weighted by molar-refractivity contribution is 6.32. The van der Waals surface area contributed by atoms with Crippen molar-refractivity contribution in [3.8, 4) is 5.75 Å². The number of rotatable bonds is 3. The van der Waals surface area contributed by atoms with Crippen LogP contribution in [-0.4, -0.2) is 16.4 Å². The number of benzene rings is 2. The fourth-order valence-electron chi connectivity index (χ4n) is 2.97. The normalized spacial score (nSPS) is 14.7. The zero-order valence-electron chi connectivity index (χ0n) is 14.5. The first kappa shape index (κ1) is 17.9. The number of halogens is 1. The van der Waals surface area contributed by atoms with E-state index in [1.54, 1.807) is 12.1 Å². The predicted octanol–water partition coefficient (Wildman–Crippen LogP) is 5.07. The van der Waals surface area contributed by atoms with E-state index in [9.17, 15) is 14.9 Å². The average molecular weight is 373 g/mol. The zero-order chi connectivity index (χ0) is 19.1. The summed E-state index contributed by atoms with van der Waals surface area (Å²) < 4.78 is 5.38. The van der Waals surface area contributed by atoms with Crippen LogP contribution in [0.2, 0.25) is 5.02 Å². The molecule has 0 saturated carbocycles. The number of nitro benzene ring substituents is 1. The molecule has 1 aliphatic heterocycles. The van der Waals surface area contributed by atoms with Gasteiger partial charge in [-0.2, -0.15) is 0 Å². The lowest BCUT2D eigenvalue weighted by Gasteiger charge is -2.31. The number of nitrogens with zero attached hydrogens (tertiary/aromatic N) is 1. The van der Waals surface area contributed by atoms with E-state index in [-0.39, 0.29) is 21.8 Å². The van der Waals surface area contributed by atoms with E-state index in [2.05, 4.69) is 25.2 Å². The summed E-state index contributed by atoms with van der Waals surface area (Å²) in [6, 6.07) is 9.11. The highest BCUT2D eigenvalue weighted by Gasteiger charge is 2.23. The number of ether oxygens (including phenoxy) is 1. The molecule has 26 heavy (non-hydrogen) atoms. The first-order valence-corrected chi connectivity index (χ1v) is 8.32. The molecule has 6 nitrogen and oxygen atoms in total. The lowest BCUT2D eigenvalue weighted by Crippen LogP contribution is -2.31. The molecule has 0 amide bonds. The lowest BCUT2D eigenvalue weighted by molar-refractivity contribution is -0.384. The van der Waals surface area contributed by atoms with Crippen molar-refractivity contribution in [3.63, 3.8) is 0 Å². The van der Waals surface area contributed by atoms with E-state index < -0.39 is 10.9 Å². The number of hydrogen-bond acceptors (Lipinski definition) is 5. The standard InChI is InChI=1S/C19H17ClN2O4/c1-11-10-19(2,3)21-16-7-5-13(9-14(11)16)26-18(23)12-4-6-15(20)17(8-12)22(24)25/h4-10,21H,1-3H3. The van der Waals surface area contributed by atoms with Gasteiger partial charge in [0, 0.05) is 17.3 Å². The van der Waals surface area contributed by atoms with Crippen LogP contribution >= 0.6 is 11.6 Å². The molecule has 0 saturated heterocycles. The third kappa shape index (κ3) is 3.55. The minimum absolute atomic E-state index is 0.0326. The molecular weight excluding hydrogens is 356 g/mol. The quantitative estimate of drug-likeness (QED) is 0.352. The van der Waals surface area contributed by atoms with Crippen LogP contribution in [0.3, 0.4) is 0 Å². The molecule has 0 aliphatic carbocycles. The van der Waals surface area contributed by atoms with Gasteiger partial charge in [-0.1, -0.05) is 17.7 Å². The maximum Gasteiger partial charge on any atom is 0.343 e. The second-order valence-corrected chi connectivity index (χ2v) is 7.10. The van der Waals surface area contributed by atoms with Gasteiger partial charge < -0.3 is 10.1 Å². The van der Waals surface area contributed by atoms with Gasteiger partial charge in [-0.15, -0.1) is 0 Å². The molecule has 0 aromatic heterocycles. The number of esters is 1. The fourth-order valence-corrected chi connectivity index (χ4v) is 3.16. The summed E-state index contributed by atoms with van der Waals surface area (Å²) in [6.45, 7) is 6.14. The molecule has 0 bridgehead atoms. The maximum absolute atomic E-state index is 12.3. The Hall–Kier alpha value is -2.86. The second-order valence-electron chi connectivity index (χ2n) is 6.69. The van der Waals surface area contributed by atoms with Gasteiger partial charge in [0.1, 0.15) is 10.8 Å². The van der Waals surface area contributed by atoms with Gasteiger partial charge in [-0.05, 0) is 56.7 Å². The van der Waals surface area contributed by atoms with Gasteiger partial charge in [-0.25, -0.2) is 4.79 Å². The van der Waals surface area contributed by atoms with E-state index in [0.29, 0.717) is 5.75 Å². The van der Waals surface area contributed by atoms with Crippen molar-refractivity contribution in [1.29, 1.82) is 0 Å². The van der Waals surface area contributed by atoms with Crippen LogP contribution < -0.4 is 10.1 Å². The highest BCUT2D eigenvalue weighted by atomic mass is 35.5. The summed E-state index contributed by atoms with van der Waals surface area (Å²) in [5.41, 5.74) is 2.54. The summed E-state index contributed by atoms with van der Waals surface area (Å²) in [7, 11) is 0. The molecule has 0 fully saturated rings. The van der Waals surface area contributed by atoms with Crippen LogP contribution in [-0.2, 0) is 0 Å². The van der Waals surface area contributed by atoms with E-state index in [1.165, 1.54) is 12.1 Å². The molecule has 2 aromatic rings. The van der Waals surface area contributed by atoms with Crippen molar-refractivity contribution in [1.82, 2.24) is 0 Å².